The summed E-state index contributed by atoms with van der Waals surface area (Å²) in [5.41, 5.74) is 7.72. The van der Waals surface area contributed by atoms with Crippen LogP contribution in [0.15, 0.2) is 46.9 Å². The van der Waals surface area contributed by atoms with Crippen molar-refractivity contribution in [1.29, 1.82) is 0 Å². The molecule has 0 aliphatic rings. The minimum Gasteiger partial charge on any atom is -0.351 e. The van der Waals surface area contributed by atoms with Crippen LogP contribution in [-0.2, 0) is 0 Å². The van der Waals surface area contributed by atoms with E-state index in [0.717, 1.165) is 10.0 Å². The Balaban J connectivity index is 2.12. The molecule has 0 bridgehead atoms. The summed E-state index contributed by atoms with van der Waals surface area (Å²) in [6, 6.07) is 11.6. The molecular formula is C15H14BrN3O2. The summed E-state index contributed by atoms with van der Waals surface area (Å²) in [5.74, 6) is -0.190. The molecule has 0 unspecified atom stereocenters. The molecule has 0 aliphatic heterocycles. The molecule has 6 heteroatoms. The molecule has 0 spiro atoms. The first kappa shape index (κ1) is 15.1. The summed E-state index contributed by atoms with van der Waals surface area (Å²) in [5, 5.41) is 5.26. The van der Waals surface area contributed by atoms with Gasteiger partial charge in [0.2, 0.25) is 0 Å². The molecule has 0 saturated carbocycles. The van der Waals surface area contributed by atoms with E-state index in [-0.39, 0.29) is 5.91 Å². The molecule has 2 aromatic carbocycles. The zero-order valence-electron chi connectivity index (χ0n) is 11.3. The van der Waals surface area contributed by atoms with E-state index < -0.39 is 6.03 Å². The molecule has 0 radical (unpaired) electrons. The first-order valence-electron chi connectivity index (χ1n) is 6.20. The molecule has 21 heavy (non-hydrogen) atoms. The van der Waals surface area contributed by atoms with Crippen molar-refractivity contribution in [2.75, 3.05) is 10.6 Å². The second kappa shape index (κ2) is 6.41. The predicted molar refractivity (Wildman–Crippen MR) is 86.5 cm³/mol. The van der Waals surface area contributed by atoms with Gasteiger partial charge in [-0.15, -0.1) is 0 Å². The summed E-state index contributed by atoms with van der Waals surface area (Å²) in [7, 11) is 0. The normalized spacial score (nSPS) is 10.0. The van der Waals surface area contributed by atoms with Crippen molar-refractivity contribution < 1.29 is 9.59 Å². The average Bonchev–Trinajstić information content (AvgIpc) is 2.43. The zero-order valence-corrected chi connectivity index (χ0v) is 12.9. The van der Waals surface area contributed by atoms with Gasteiger partial charge in [0, 0.05) is 21.4 Å². The van der Waals surface area contributed by atoms with Crippen molar-refractivity contribution >= 4 is 39.2 Å². The second-order valence-electron chi connectivity index (χ2n) is 4.48. The van der Waals surface area contributed by atoms with Gasteiger partial charge in [-0.3, -0.25) is 4.79 Å². The van der Waals surface area contributed by atoms with Gasteiger partial charge in [-0.05, 0) is 48.9 Å². The van der Waals surface area contributed by atoms with Crippen molar-refractivity contribution in [3.8, 4) is 0 Å². The van der Waals surface area contributed by atoms with Crippen LogP contribution in [0.5, 0.6) is 0 Å². The maximum atomic E-state index is 12.2. The second-order valence-corrected chi connectivity index (χ2v) is 5.40. The molecule has 0 atom stereocenters. The van der Waals surface area contributed by atoms with Crippen LogP contribution in [0.2, 0.25) is 0 Å². The van der Waals surface area contributed by atoms with Crippen molar-refractivity contribution in [1.82, 2.24) is 0 Å². The third-order valence-corrected chi connectivity index (χ3v) is 3.35. The minimum atomic E-state index is -0.628. The lowest BCUT2D eigenvalue weighted by atomic mass is 10.1. The fourth-order valence-corrected chi connectivity index (χ4v) is 2.18. The van der Waals surface area contributed by atoms with Gasteiger partial charge in [-0.1, -0.05) is 22.0 Å². The number of carbonyl (C=O) groups excluding carboxylic acids is 2. The number of halogens is 1. The van der Waals surface area contributed by atoms with E-state index in [0.29, 0.717) is 16.9 Å². The molecular weight excluding hydrogens is 334 g/mol. The number of benzene rings is 2. The highest BCUT2D eigenvalue weighted by atomic mass is 79.9. The fraction of sp³-hybridized carbons (Fsp3) is 0.0667. The van der Waals surface area contributed by atoms with Crippen LogP contribution in [0.4, 0.5) is 16.2 Å². The van der Waals surface area contributed by atoms with E-state index in [1.54, 1.807) is 30.3 Å². The molecule has 2 aromatic rings. The number of urea groups is 1. The van der Waals surface area contributed by atoms with Gasteiger partial charge < -0.3 is 16.4 Å². The first-order chi connectivity index (χ1) is 9.95. The molecule has 5 nitrogen and oxygen atoms in total. The van der Waals surface area contributed by atoms with E-state index in [1.165, 1.54) is 0 Å². The van der Waals surface area contributed by atoms with Crippen LogP contribution >= 0.6 is 15.9 Å². The van der Waals surface area contributed by atoms with Crippen molar-refractivity contribution in [3.05, 3.63) is 58.1 Å². The summed E-state index contributed by atoms with van der Waals surface area (Å²) >= 11 is 3.35. The quantitative estimate of drug-likeness (QED) is 0.793. The van der Waals surface area contributed by atoms with E-state index in [9.17, 15) is 9.59 Å². The number of hydrogen-bond acceptors (Lipinski definition) is 2. The average molecular weight is 348 g/mol. The molecule has 0 fully saturated rings. The highest BCUT2D eigenvalue weighted by Gasteiger charge is 2.10. The number of carbonyl (C=O) groups is 2. The molecule has 4 N–H and O–H groups in total. The van der Waals surface area contributed by atoms with Crippen molar-refractivity contribution in [3.63, 3.8) is 0 Å². The van der Waals surface area contributed by atoms with Gasteiger partial charge in [-0.25, -0.2) is 4.79 Å². The van der Waals surface area contributed by atoms with Crippen molar-refractivity contribution in [2.45, 2.75) is 6.92 Å². The van der Waals surface area contributed by atoms with Crippen LogP contribution in [-0.4, -0.2) is 11.9 Å². The number of anilines is 2. The SMILES string of the molecule is Cc1ccc(Br)cc1C(=O)Nc1ccc(NC(N)=O)cc1. The van der Waals surface area contributed by atoms with Gasteiger partial charge in [0.1, 0.15) is 0 Å². The monoisotopic (exact) mass is 347 g/mol. The van der Waals surface area contributed by atoms with Crippen LogP contribution in [0, 0.1) is 6.92 Å². The van der Waals surface area contributed by atoms with Gasteiger partial charge in [0.25, 0.3) is 5.91 Å². The number of primary amides is 1. The van der Waals surface area contributed by atoms with Gasteiger partial charge in [0.15, 0.2) is 0 Å². The molecule has 0 heterocycles. The Morgan fingerprint density at radius 1 is 1.00 bits per heavy atom. The first-order valence-corrected chi connectivity index (χ1v) is 6.99. The Hall–Kier alpha value is -2.34. The standard InChI is InChI=1S/C15H14BrN3O2/c1-9-2-3-10(16)8-13(9)14(20)18-11-4-6-12(7-5-11)19-15(17)21/h2-8H,1H3,(H,18,20)(H3,17,19,21). The molecule has 108 valence electrons. The molecule has 0 aliphatic carbocycles. The maximum Gasteiger partial charge on any atom is 0.316 e. The molecule has 0 aromatic heterocycles. The van der Waals surface area contributed by atoms with E-state index >= 15 is 0 Å². The Morgan fingerprint density at radius 3 is 2.14 bits per heavy atom. The number of amides is 3. The lowest BCUT2D eigenvalue weighted by Gasteiger charge is -2.09. The fourth-order valence-electron chi connectivity index (χ4n) is 1.82. The van der Waals surface area contributed by atoms with E-state index in [2.05, 4.69) is 26.6 Å². The Morgan fingerprint density at radius 2 is 1.57 bits per heavy atom. The largest absolute Gasteiger partial charge is 0.351 e. The lowest BCUT2D eigenvalue weighted by molar-refractivity contribution is 0.102. The third kappa shape index (κ3) is 4.06. The zero-order chi connectivity index (χ0) is 15.4. The highest BCUT2D eigenvalue weighted by Crippen LogP contribution is 2.19. The summed E-state index contributed by atoms with van der Waals surface area (Å²) < 4.78 is 0.847. The molecule has 3 amide bonds. The summed E-state index contributed by atoms with van der Waals surface area (Å²) in [6.45, 7) is 1.88. The van der Waals surface area contributed by atoms with Crippen LogP contribution in [0.1, 0.15) is 15.9 Å². The Bertz CT molecular complexity index is 684. The predicted octanol–water partition coefficient (Wildman–Crippen LogP) is 3.50. The highest BCUT2D eigenvalue weighted by molar-refractivity contribution is 9.10. The van der Waals surface area contributed by atoms with E-state index in [4.69, 9.17) is 5.73 Å². The molecule has 0 saturated heterocycles. The van der Waals surface area contributed by atoms with E-state index in [1.807, 2.05) is 19.1 Å². The van der Waals surface area contributed by atoms with Crippen LogP contribution in [0.25, 0.3) is 0 Å². The number of rotatable bonds is 3. The van der Waals surface area contributed by atoms with Gasteiger partial charge in [-0.2, -0.15) is 0 Å². The topological polar surface area (TPSA) is 84.2 Å². The Labute approximate surface area is 130 Å². The number of aryl methyl sites for hydroxylation is 1. The number of nitrogens with two attached hydrogens (primary N) is 1. The summed E-state index contributed by atoms with van der Waals surface area (Å²) in [4.78, 5) is 23.0. The number of hydrogen-bond donors (Lipinski definition) is 3. The van der Waals surface area contributed by atoms with Crippen molar-refractivity contribution in [2.24, 2.45) is 5.73 Å². The third-order valence-electron chi connectivity index (χ3n) is 2.85. The van der Waals surface area contributed by atoms with Gasteiger partial charge in [0.05, 0.1) is 0 Å². The molecule has 2 rings (SSSR count). The van der Waals surface area contributed by atoms with Crippen LogP contribution in [0.3, 0.4) is 0 Å². The van der Waals surface area contributed by atoms with Crippen LogP contribution < -0.4 is 16.4 Å². The summed E-state index contributed by atoms with van der Waals surface area (Å²) in [6.07, 6.45) is 0. The minimum absolute atomic E-state index is 0.190. The smallest absolute Gasteiger partial charge is 0.316 e. The van der Waals surface area contributed by atoms with Gasteiger partial charge >= 0.3 is 6.03 Å². The lowest BCUT2D eigenvalue weighted by Crippen LogP contribution is -2.19. The maximum absolute atomic E-state index is 12.2. The Kier molecular flexibility index (Phi) is 4.59. The number of nitrogens with one attached hydrogen (secondary N) is 2.